The van der Waals surface area contributed by atoms with E-state index in [0.717, 1.165) is 10.0 Å². The highest BCUT2D eigenvalue weighted by molar-refractivity contribution is 9.10. The molecule has 5 nitrogen and oxygen atoms in total. The number of likely N-dealkylation sites (N-methyl/N-ethyl adjacent to an activating group) is 1. The van der Waals surface area contributed by atoms with Crippen LogP contribution in [0.3, 0.4) is 0 Å². The molecule has 0 bridgehead atoms. The zero-order valence-corrected chi connectivity index (χ0v) is 13.7. The molecule has 0 saturated heterocycles. The predicted molar refractivity (Wildman–Crippen MR) is 82.8 cm³/mol. The molecule has 0 aliphatic rings. The summed E-state index contributed by atoms with van der Waals surface area (Å²) in [7, 11) is 3.02. The van der Waals surface area contributed by atoms with Crippen molar-refractivity contribution in [3.8, 4) is 0 Å². The molecule has 0 saturated carbocycles. The number of hydrogen-bond donors (Lipinski definition) is 2. The second kappa shape index (κ2) is 9.74. The van der Waals surface area contributed by atoms with Gasteiger partial charge in [-0.15, -0.1) is 12.4 Å². The molecule has 0 spiro atoms. The van der Waals surface area contributed by atoms with Crippen molar-refractivity contribution in [2.75, 3.05) is 20.7 Å². The van der Waals surface area contributed by atoms with E-state index in [1.54, 1.807) is 7.05 Å². The number of hydrogen-bond acceptors (Lipinski definition) is 4. The van der Waals surface area contributed by atoms with Gasteiger partial charge in [-0.25, -0.2) is 0 Å². The Morgan fingerprint density at radius 1 is 1.40 bits per heavy atom. The summed E-state index contributed by atoms with van der Waals surface area (Å²) in [5, 5.41) is 5.57. The summed E-state index contributed by atoms with van der Waals surface area (Å²) < 4.78 is 5.55. The van der Waals surface area contributed by atoms with E-state index in [-0.39, 0.29) is 37.2 Å². The largest absolute Gasteiger partial charge is 0.469 e. The quantitative estimate of drug-likeness (QED) is 0.755. The summed E-state index contributed by atoms with van der Waals surface area (Å²) in [4.78, 5) is 23.1. The first-order valence-corrected chi connectivity index (χ1v) is 6.62. The molecule has 1 aromatic rings. The van der Waals surface area contributed by atoms with Crippen LogP contribution in [0.15, 0.2) is 28.7 Å². The van der Waals surface area contributed by atoms with Crippen LogP contribution in [0.25, 0.3) is 0 Å². The fourth-order valence-corrected chi connectivity index (χ4v) is 2.05. The van der Waals surface area contributed by atoms with Crippen molar-refractivity contribution in [3.05, 3.63) is 34.3 Å². The molecule has 0 radical (unpaired) electrons. The first-order valence-electron chi connectivity index (χ1n) is 5.83. The Morgan fingerprint density at radius 3 is 2.65 bits per heavy atom. The summed E-state index contributed by atoms with van der Waals surface area (Å²) in [6, 6.07) is 7.07. The minimum absolute atomic E-state index is 0. The van der Waals surface area contributed by atoms with Gasteiger partial charge < -0.3 is 15.4 Å². The summed E-state index contributed by atoms with van der Waals surface area (Å²) in [6.45, 7) is 0.200. The van der Waals surface area contributed by atoms with Crippen molar-refractivity contribution in [2.45, 2.75) is 12.5 Å². The summed E-state index contributed by atoms with van der Waals surface area (Å²) >= 11 is 3.37. The van der Waals surface area contributed by atoms with E-state index < -0.39 is 6.04 Å². The zero-order valence-electron chi connectivity index (χ0n) is 11.3. The number of carbonyl (C=O) groups excluding carboxylic acids is 2. The molecule has 0 heterocycles. The standard InChI is InChI=1S/C13H17BrN2O3.ClH/c1-15-8-12(17)16-11(7-13(18)19-2)9-4-3-5-10(14)6-9;/h3-6,11,15H,7-8H2,1-2H3,(H,16,17);1H. The molecule has 1 aromatic carbocycles. The zero-order chi connectivity index (χ0) is 14.3. The van der Waals surface area contributed by atoms with Gasteiger partial charge in [-0.3, -0.25) is 9.59 Å². The Kier molecular flexibility index (Phi) is 9.20. The number of halogens is 2. The number of nitrogens with one attached hydrogen (secondary N) is 2. The Balaban J connectivity index is 0.00000361. The lowest BCUT2D eigenvalue weighted by molar-refractivity contribution is -0.141. The van der Waals surface area contributed by atoms with Gasteiger partial charge in [-0.2, -0.15) is 0 Å². The summed E-state index contributed by atoms with van der Waals surface area (Å²) in [5.41, 5.74) is 0.851. The van der Waals surface area contributed by atoms with Crippen LogP contribution < -0.4 is 10.6 Å². The smallest absolute Gasteiger partial charge is 0.307 e. The molecule has 1 unspecified atom stereocenters. The van der Waals surface area contributed by atoms with E-state index in [4.69, 9.17) is 0 Å². The minimum Gasteiger partial charge on any atom is -0.469 e. The molecule has 1 atom stereocenters. The maximum atomic E-state index is 11.6. The Hall–Kier alpha value is -1.11. The van der Waals surface area contributed by atoms with Crippen LogP contribution in [0.4, 0.5) is 0 Å². The Bertz CT molecular complexity index is 457. The van der Waals surface area contributed by atoms with Crippen molar-refractivity contribution >= 4 is 40.2 Å². The average molecular weight is 366 g/mol. The molecule has 112 valence electrons. The average Bonchev–Trinajstić information content (AvgIpc) is 2.38. The monoisotopic (exact) mass is 364 g/mol. The first-order chi connectivity index (χ1) is 9.06. The van der Waals surface area contributed by atoms with E-state index in [1.165, 1.54) is 7.11 Å². The lowest BCUT2D eigenvalue weighted by Gasteiger charge is -2.18. The number of ether oxygens (including phenoxy) is 1. The van der Waals surface area contributed by atoms with Crippen LogP contribution in [0, 0.1) is 0 Å². The summed E-state index contributed by atoms with van der Waals surface area (Å²) in [5.74, 6) is -0.536. The van der Waals surface area contributed by atoms with Crippen LogP contribution in [0.1, 0.15) is 18.0 Å². The summed E-state index contributed by atoms with van der Waals surface area (Å²) in [6.07, 6.45) is 0.0996. The normalized spacial score (nSPS) is 11.2. The van der Waals surface area contributed by atoms with E-state index in [0.29, 0.717) is 0 Å². The molecule has 7 heteroatoms. The molecule has 0 aromatic heterocycles. The molecule has 0 aliphatic carbocycles. The topological polar surface area (TPSA) is 67.4 Å². The van der Waals surface area contributed by atoms with Gasteiger partial charge in [-0.05, 0) is 24.7 Å². The van der Waals surface area contributed by atoms with E-state index in [1.807, 2.05) is 24.3 Å². The number of benzene rings is 1. The third-order valence-corrected chi connectivity index (χ3v) is 3.02. The van der Waals surface area contributed by atoms with E-state index in [2.05, 4.69) is 31.3 Å². The molecular formula is C13H18BrClN2O3. The Morgan fingerprint density at radius 2 is 2.10 bits per heavy atom. The van der Waals surface area contributed by atoms with Gasteiger partial charge in [0.1, 0.15) is 0 Å². The van der Waals surface area contributed by atoms with Crippen molar-refractivity contribution in [1.29, 1.82) is 0 Å². The van der Waals surface area contributed by atoms with Crippen molar-refractivity contribution in [2.24, 2.45) is 0 Å². The van der Waals surface area contributed by atoms with Crippen molar-refractivity contribution < 1.29 is 14.3 Å². The lowest BCUT2D eigenvalue weighted by Crippen LogP contribution is -2.36. The highest BCUT2D eigenvalue weighted by Crippen LogP contribution is 2.21. The highest BCUT2D eigenvalue weighted by Gasteiger charge is 2.18. The second-order valence-corrected chi connectivity index (χ2v) is 4.90. The van der Waals surface area contributed by atoms with Gasteiger partial charge >= 0.3 is 5.97 Å². The van der Waals surface area contributed by atoms with Crippen molar-refractivity contribution in [1.82, 2.24) is 10.6 Å². The van der Waals surface area contributed by atoms with Crippen LogP contribution in [-0.2, 0) is 14.3 Å². The first kappa shape index (κ1) is 18.9. The highest BCUT2D eigenvalue weighted by atomic mass is 79.9. The van der Waals surface area contributed by atoms with Gasteiger partial charge in [0.2, 0.25) is 5.91 Å². The van der Waals surface area contributed by atoms with Crippen LogP contribution in [-0.4, -0.2) is 32.6 Å². The molecule has 0 aliphatic heterocycles. The van der Waals surface area contributed by atoms with E-state index in [9.17, 15) is 9.59 Å². The van der Waals surface area contributed by atoms with Gasteiger partial charge in [0, 0.05) is 4.47 Å². The molecule has 1 amide bonds. The van der Waals surface area contributed by atoms with Crippen molar-refractivity contribution in [3.63, 3.8) is 0 Å². The van der Waals surface area contributed by atoms with Crippen LogP contribution in [0.2, 0.25) is 0 Å². The van der Waals surface area contributed by atoms with Gasteiger partial charge in [0.15, 0.2) is 0 Å². The lowest BCUT2D eigenvalue weighted by atomic mass is 10.0. The predicted octanol–water partition coefficient (Wildman–Crippen LogP) is 1.81. The third kappa shape index (κ3) is 6.36. The van der Waals surface area contributed by atoms with E-state index >= 15 is 0 Å². The minimum atomic E-state index is -0.397. The second-order valence-electron chi connectivity index (χ2n) is 3.99. The van der Waals surface area contributed by atoms with Crippen LogP contribution >= 0.6 is 28.3 Å². The number of amides is 1. The number of carbonyl (C=O) groups is 2. The molecule has 1 rings (SSSR count). The van der Waals surface area contributed by atoms with Crippen LogP contribution in [0.5, 0.6) is 0 Å². The molecule has 2 N–H and O–H groups in total. The number of esters is 1. The Labute approximate surface area is 133 Å². The fraction of sp³-hybridized carbons (Fsp3) is 0.385. The molecule has 0 fully saturated rings. The maximum Gasteiger partial charge on any atom is 0.307 e. The maximum absolute atomic E-state index is 11.6. The molecule has 20 heavy (non-hydrogen) atoms. The SMILES string of the molecule is CNCC(=O)NC(CC(=O)OC)c1cccc(Br)c1.Cl. The fourth-order valence-electron chi connectivity index (χ4n) is 1.63. The van der Waals surface area contributed by atoms with Gasteiger partial charge in [0.05, 0.1) is 26.1 Å². The van der Waals surface area contributed by atoms with Gasteiger partial charge in [0.25, 0.3) is 0 Å². The number of methoxy groups -OCH3 is 1. The van der Waals surface area contributed by atoms with Gasteiger partial charge in [-0.1, -0.05) is 28.1 Å². The molecular weight excluding hydrogens is 348 g/mol. The number of rotatable bonds is 6. The third-order valence-electron chi connectivity index (χ3n) is 2.52.